The minimum absolute atomic E-state index is 0.0614. The zero-order valence-electron chi connectivity index (χ0n) is 9.91. The number of azide groups is 1. The lowest BCUT2D eigenvalue weighted by molar-refractivity contribution is -0.139. The van der Waals surface area contributed by atoms with Gasteiger partial charge in [0, 0.05) is 9.79 Å². The van der Waals surface area contributed by atoms with Crippen molar-refractivity contribution in [3.8, 4) is 0 Å². The summed E-state index contributed by atoms with van der Waals surface area (Å²) < 4.78 is 4.79. The van der Waals surface area contributed by atoms with Crippen molar-refractivity contribution in [3.63, 3.8) is 0 Å². The fourth-order valence-corrected chi connectivity index (χ4v) is 1.96. The third-order valence-corrected chi connectivity index (χ3v) is 2.83. The molecule has 0 N–H and O–H groups in total. The molecule has 7 heteroatoms. The van der Waals surface area contributed by atoms with Gasteiger partial charge in [-0.05, 0) is 36.9 Å². The van der Waals surface area contributed by atoms with Crippen molar-refractivity contribution in [3.05, 3.63) is 32.3 Å². The van der Waals surface area contributed by atoms with Gasteiger partial charge in [0.15, 0.2) is 5.78 Å². The van der Waals surface area contributed by atoms with E-state index in [4.69, 9.17) is 10.3 Å². The van der Waals surface area contributed by atoms with E-state index in [1.165, 1.54) is 24.3 Å². The van der Waals surface area contributed by atoms with Gasteiger partial charge in [-0.15, -0.1) is 11.3 Å². The number of hydrogen-bond acceptors (Lipinski definition) is 5. The first-order chi connectivity index (χ1) is 8.60. The summed E-state index contributed by atoms with van der Waals surface area (Å²) in [5.41, 5.74) is 8.70. The van der Waals surface area contributed by atoms with Crippen LogP contribution in [0.4, 0.5) is 5.69 Å². The first kappa shape index (κ1) is 14.0. The number of thiophene rings is 1. The molecule has 0 fully saturated rings. The van der Waals surface area contributed by atoms with Gasteiger partial charge in [-0.25, -0.2) is 4.79 Å². The number of ketones is 1. The maximum Gasteiger partial charge on any atom is 0.341 e. The summed E-state index contributed by atoms with van der Waals surface area (Å²) in [6.45, 7) is 3.13. The Hall–Kier alpha value is -2.11. The average molecular weight is 265 g/mol. The third kappa shape index (κ3) is 3.44. The second kappa shape index (κ2) is 6.58. The van der Waals surface area contributed by atoms with E-state index in [2.05, 4.69) is 10.0 Å². The molecule has 1 heterocycles. The quantitative estimate of drug-likeness (QED) is 0.156. The van der Waals surface area contributed by atoms with E-state index in [9.17, 15) is 9.59 Å². The van der Waals surface area contributed by atoms with Crippen LogP contribution in [0.1, 0.15) is 18.7 Å². The summed E-state index contributed by atoms with van der Waals surface area (Å²) in [4.78, 5) is 26.2. The van der Waals surface area contributed by atoms with E-state index in [1.807, 2.05) is 0 Å². The van der Waals surface area contributed by atoms with Crippen LogP contribution in [-0.4, -0.2) is 18.4 Å². The van der Waals surface area contributed by atoms with E-state index in [1.54, 1.807) is 18.4 Å². The minimum atomic E-state index is -0.676. The Morgan fingerprint density at radius 2 is 2.33 bits per heavy atom. The number of Topliss-reactive ketones (excluding diaryl/α,β-unsaturated/α-hetero) is 1. The van der Waals surface area contributed by atoms with Gasteiger partial charge in [-0.1, -0.05) is 5.11 Å². The van der Waals surface area contributed by atoms with Crippen molar-refractivity contribution in [1.29, 1.82) is 0 Å². The number of esters is 1. The van der Waals surface area contributed by atoms with Crippen LogP contribution in [0, 0.1) is 0 Å². The highest BCUT2D eigenvalue weighted by Gasteiger charge is 2.16. The van der Waals surface area contributed by atoms with E-state index < -0.39 is 11.8 Å². The molecule has 0 aromatic carbocycles. The number of nitrogens with zero attached hydrogens (tertiary/aromatic N) is 3. The van der Waals surface area contributed by atoms with Crippen LogP contribution in [-0.2, 0) is 14.3 Å². The fourth-order valence-electron chi connectivity index (χ4n) is 1.20. The normalized spacial score (nSPS) is 10.7. The number of rotatable bonds is 5. The molecule has 0 amide bonds. The lowest BCUT2D eigenvalue weighted by Crippen LogP contribution is -2.13. The molecule has 0 saturated heterocycles. The van der Waals surface area contributed by atoms with Crippen LogP contribution >= 0.6 is 11.3 Å². The number of hydrogen-bond donors (Lipinski definition) is 0. The van der Waals surface area contributed by atoms with Gasteiger partial charge in [0.1, 0.15) is 5.57 Å². The molecule has 1 aromatic rings. The molecule has 0 spiro atoms. The number of carbonyl (C=O) groups excluding carboxylic acids is 2. The van der Waals surface area contributed by atoms with Crippen molar-refractivity contribution in [2.75, 3.05) is 6.61 Å². The van der Waals surface area contributed by atoms with Crippen molar-refractivity contribution >= 4 is 34.9 Å². The second-order valence-electron chi connectivity index (χ2n) is 3.19. The Labute approximate surface area is 108 Å². The van der Waals surface area contributed by atoms with Crippen LogP contribution in [0.3, 0.4) is 0 Å². The Morgan fingerprint density at radius 1 is 1.61 bits per heavy atom. The molecular formula is C11H11N3O3S. The minimum Gasteiger partial charge on any atom is -0.462 e. The first-order valence-electron chi connectivity index (χ1n) is 5.12. The molecule has 0 aliphatic heterocycles. The Kier molecular flexibility index (Phi) is 5.10. The van der Waals surface area contributed by atoms with E-state index >= 15 is 0 Å². The smallest absolute Gasteiger partial charge is 0.341 e. The lowest BCUT2D eigenvalue weighted by atomic mass is 10.1. The predicted octanol–water partition coefficient (Wildman–Crippen LogP) is 3.23. The molecule has 0 atom stereocenters. The summed E-state index contributed by atoms with van der Waals surface area (Å²) in [6.07, 6.45) is 1.38. The highest BCUT2D eigenvalue weighted by Crippen LogP contribution is 2.28. The molecular weight excluding hydrogens is 254 g/mol. The summed E-state index contributed by atoms with van der Waals surface area (Å²) in [7, 11) is 0. The van der Waals surface area contributed by atoms with Crippen LogP contribution < -0.4 is 0 Å². The molecule has 0 unspecified atom stereocenters. The Bertz CT molecular complexity index is 541. The molecule has 6 nitrogen and oxygen atoms in total. The van der Waals surface area contributed by atoms with Crippen LogP contribution in [0.2, 0.25) is 0 Å². The van der Waals surface area contributed by atoms with Gasteiger partial charge in [-0.2, -0.15) is 0 Å². The average Bonchev–Trinajstić information content (AvgIpc) is 2.73. The van der Waals surface area contributed by atoms with Crippen molar-refractivity contribution < 1.29 is 14.3 Å². The summed E-state index contributed by atoms with van der Waals surface area (Å²) in [6, 6.07) is 1.61. The summed E-state index contributed by atoms with van der Waals surface area (Å²) in [5, 5.41) is 5.17. The van der Waals surface area contributed by atoms with Crippen molar-refractivity contribution in [2.45, 2.75) is 13.8 Å². The molecule has 0 bridgehead atoms. The second-order valence-corrected chi connectivity index (χ2v) is 4.14. The van der Waals surface area contributed by atoms with Gasteiger partial charge in [0.25, 0.3) is 0 Å². The van der Waals surface area contributed by atoms with Crippen molar-refractivity contribution in [2.24, 2.45) is 5.11 Å². The van der Waals surface area contributed by atoms with E-state index in [0.29, 0.717) is 10.6 Å². The molecule has 94 valence electrons. The first-order valence-corrected chi connectivity index (χ1v) is 6.00. The molecule has 0 aliphatic carbocycles. The van der Waals surface area contributed by atoms with Gasteiger partial charge in [-0.3, -0.25) is 4.79 Å². The highest BCUT2D eigenvalue weighted by atomic mass is 32.1. The Morgan fingerprint density at radius 3 is 2.89 bits per heavy atom. The number of carbonyl (C=O) groups is 2. The molecule has 0 radical (unpaired) electrons. The lowest BCUT2D eigenvalue weighted by Gasteiger charge is -2.03. The van der Waals surface area contributed by atoms with Gasteiger partial charge >= 0.3 is 5.97 Å². The topological polar surface area (TPSA) is 92.1 Å². The predicted molar refractivity (Wildman–Crippen MR) is 68.4 cm³/mol. The van der Waals surface area contributed by atoms with Crippen LogP contribution in [0.5, 0.6) is 0 Å². The standard InChI is InChI=1S/C11H11N3O3S/c1-3-17-11(16)8(7(2)15)6-10-9(13-14-12)4-5-18-10/h4-6H,3H2,1-2H3. The summed E-state index contributed by atoms with van der Waals surface area (Å²) in [5.74, 6) is -1.07. The monoisotopic (exact) mass is 265 g/mol. The third-order valence-electron chi connectivity index (χ3n) is 1.98. The zero-order chi connectivity index (χ0) is 13.5. The van der Waals surface area contributed by atoms with Gasteiger partial charge in [0.05, 0.1) is 12.3 Å². The SMILES string of the molecule is CCOC(=O)C(=Cc1sccc1N=[N+]=[N-])C(C)=O. The number of ether oxygens (including phenoxy) is 1. The molecule has 18 heavy (non-hydrogen) atoms. The largest absolute Gasteiger partial charge is 0.462 e. The summed E-state index contributed by atoms with van der Waals surface area (Å²) >= 11 is 1.27. The zero-order valence-corrected chi connectivity index (χ0v) is 10.7. The van der Waals surface area contributed by atoms with Crippen LogP contribution in [0.15, 0.2) is 22.1 Å². The van der Waals surface area contributed by atoms with Crippen molar-refractivity contribution in [1.82, 2.24) is 0 Å². The fraction of sp³-hybridized carbons (Fsp3) is 0.273. The van der Waals surface area contributed by atoms with E-state index in [0.717, 1.165) is 0 Å². The highest BCUT2D eigenvalue weighted by molar-refractivity contribution is 7.11. The molecule has 0 saturated carbocycles. The Balaban J connectivity index is 3.16. The van der Waals surface area contributed by atoms with E-state index in [-0.39, 0.29) is 12.2 Å². The van der Waals surface area contributed by atoms with Gasteiger partial charge < -0.3 is 4.74 Å². The molecule has 1 rings (SSSR count). The maximum atomic E-state index is 11.6. The van der Waals surface area contributed by atoms with Crippen LogP contribution in [0.25, 0.3) is 16.5 Å². The molecule has 0 aliphatic rings. The molecule has 1 aromatic heterocycles. The van der Waals surface area contributed by atoms with Gasteiger partial charge in [0.2, 0.25) is 0 Å². The maximum absolute atomic E-state index is 11.6.